The highest BCUT2D eigenvalue weighted by Crippen LogP contribution is 2.75. The second-order valence-electron chi connectivity index (χ2n) is 17.8. The van der Waals surface area contributed by atoms with Crippen molar-refractivity contribution in [3.63, 3.8) is 0 Å². The largest absolute Gasteiger partial charge is 0.481 e. The summed E-state index contributed by atoms with van der Waals surface area (Å²) in [5, 5.41) is 28.4. The van der Waals surface area contributed by atoms with Crippen molar-refractivity contribution in [2.75, 3.05) is 39.5 Å². The van der Waals surface area contributed by atoms with E-state index in [2.05, 4.69) is 54.5 Å². The molecule has 5 rings (SSSR count). The van der Waals surface area contributed by atoms with Crippen LogP contribution in [0.15, 0.2) is 11.6 Å². The number of hydrogen-bond donors (Lipinski definition) is 5. The number of guanidine groups is 1. The second kappa shape index (κ2) is 13.4. The Morgan fingerprint density at radius 1 is 1.12 bits per heavy atom. The van der Waals surface area contributed by atoms with Gasteiger partial charge in [-0.2, -0.15) is 0 Å². The molecule has 49 heavy (non-hydrogen) atoms. The van der Waals surface area contributed by atoms with Crippen LogP contribution in [0.2, 0.25) is 0 Å². The molecular formula is C38H64N4O7. The van der Waals surface area contributed by atoms with Crippen LogP contribution in [0.5, 0.6) is 0 Å². The summed E-state index contributed by atoms with van der Waals surface area (Å²) in [6.45, 7) is 18.8. The van der Waals surface area contributed by atoms with Crippen LogP contribution < -0.4 is 11.5 Å². The van der Waals surface area contributed by atoms with E-state index in [-0.39, 0.29) is 65.7 Å². The predicted molar refractivity (Wildman–Crippen MR) is 187 cm³/mol. The van der Waals surface area contributed by atoms with Crippen LogP contribution >= 0.6 is 0 Å². The molecule has 1 saturated heterocycles. The fourth-order valence-corrected chi connectivity index (χ4v) is 12.1. The van der Waals surface area contributed by atoms with Gasteiger partial charge in [-0.1, -0.05) is 60.1 Å². The zero-order chi connectivity index (χ0) is 36.3. The number of esters is 1. The van der Waals surface area contributed by atoms with Gasteiger partial charge >= 0.3 is 11.9 Å². The first-order valence-corrected chi connectivity index (χ1v) is 18.6. The summed E-state index contributed by atoms with van der Waals surface area (Å²) in [5.41, 5.74) is 11.4. The molecule has 0 aromatic carbocycles. The second-order valence-corrected chi connectivity index (χ2v) is 17.8. The maximum Gasteiger partial charge on any atom is 0.307 e. The highest BCUT2D eigenvalue weighted by Gasteiger charge is 2.72. The topological polar surface area (TPSA) is 181 Å². The van der Waals surface area contributed by atoms with Crippen LogP contribution in [0.3, 0.4) is 0 Å². The van der Waals surface area contributed by atoms with Crippen LogP contribution in [-0.2, 0) is 23.8 Å². The number of aliphatic hydroxyl groups is 1. The first kappa shape index (κ1) is 38.0. The molecule has 0 aromatic heterocycles. The van der Waals surface area contributed by atoms with E-state index in [0.717, 1.165) is 25.7 Å². The fraction of sp³-hybridized carbons (Fsp3) is 0.868. The molecule has 0 amide bonds. The van der Waals surface area contributed by atoms with Gasteiger partial charge in [-0.25, -0.2) is 0 Å². The lowest BCUT2D eigenvalue weighted by molar-refractivity contribution is -0.267. The van der Waals surface area contributed by atoms with Crippen LogP contribution in [0, 0.1) is 62.1 Å². The molecule has 4 aliphatic carbocycles. The Morgan fingerprint density at radius 3 is 2.41 bits per heavy atom. The number of hydrogen-bond acceptors (Lipinski definition) is 8. The molecule has 1 aliphatic heterocycles. The Labute approximate surface area is 293 Å². The summed E-state index contributed by atoms with van der Waals surface area (Å²) in [7, 11) is 0. The van der Waals surface area contributed by atoms with E-state index in [9.17, 15) is 19.8 Å². The molecule has 0 aromatic rings. The first-order chi connectivity index (χ1) is 22.8. The number of carbonyl (C=O) groups is 2. The van der Waals surface area contributed by atoms with Crippen LogP contribution in [-0.4, -0.2) is 90.8 Å². The van der Waals surface area contributed by atoms with Gasteiger partial charge < -0.3 is 40.8 Å². The zero-order valence-electron chi connectivity index (χ0n) is 31.2. The number of fused-ring (bicyclic) bond motifs is 3. The molecule has 11 nitrogen and oxygen atoms in total. The number of rotatable bonds is 11. The summed E-state index contributed by atoms with van der Waals surface area (Å²) in [6.07, 6.45) is 6.56. The molecular weight excluding hydrogens is 624 g/mol. The standard InChI is InChI=1S/C38H64N4O7/c1-22(2)23(3)34(5)13-14-36(7)26-9-10-29-35(6)20-47-21-38(29,27(26)11-12-37(36,8)30(34)32(45)46)17-28(49-24(4)44)31(35)48-16-15-42(33(40)41)18-25(39)19-43/h11,22-23,25-26,28-31,43H,9-10,12-21,39H2,1-8H3,(H3,40,41)(H,45,46)/t23-,25-,26+,28-,29?,30-,31+,34-,35+,36-,37+,38+/m1/s1. The smallest absolute Gasteiger partial charge is 0.307 e. The van der Waals surface area contributed by atoms with E-state index >= 15 is 0 Å². The summed E-state index contributed by atoms with van der Waals surface area (Å²) < 4.78 is 19.3. The van der Waals surface area contributed by atoms with E-state index in [0.29, 0.717) is 38.5 Å². The lowest BCUT2D eigenvalue weighted by Gasteiger charge is -2.71. The van der Waals surface area contributed by atoms with Gasteiger partial charge in [0.05, 0.1) is 32.3 Å². The first-order valence-electron chi connectivity index (χ1n) is 18.6. The lowest BCUT2D eigenvalue weighted by Crippen LogP contribution is -2.70. The number of ether oxygens (including phenoxy) is 3. The van der Waals surface area contributed by atoms with Gasteiger partial charge in [-0.15, -0.1) is 0 Å². The van der Waals surface area contributed by atoms with Crippen LogP contribution in [0.1, 0.15) is 93.9 Å². The van der Waals surface area contributed by atoms with Gasteiger partial charge in [-0.05, 0) is 78.4 Å². The third kappa shape index (κ3) is 5.92. The van der Waals surface area contributed by atoms with Gasteiger partial charge in [0, 0.05) is 36.9 Å². The summed E-state index contributed by atoms with van der Waals surface area (Å²) in [5.74, 6) is -0.520. The van der Waals surface area contributed by atoms with Gasteiger partial charge in [0.1, 0.15) is 12.2 Å². The summed E-state index contributed by atoms with van der Waals surface area (Å²) in [6, 6.07) is -0.540. The van der Waals surface area contributed by atoms with Gasteiger partial charge in [0.25, 0.3) is 0 Å². The van der Waals surface area contributed by atoms with E-state index in [1.165, 1.54) is 12.5 Å². The normalized spacial score (nSPS) is 42.5. The predicted octanol–water partition coefficient (Wildman–Crippen LogP) is 4.41. The molecule has 7 N–H and O–H groups in total. The molecule has 5 aliphatic rings. The molecule has 0 spiro atoms. The molecule has 4 fully saturated rings. The number of aliphatic carboxylic acids is 1. The maximum atomic E-state index is 13.4. The minimum atomic E-state index is -0.671. The Balaban J connectivity index is 1.50. The molecule has 3 saturated carbocycles. The number of carboxylic acids is 1. The lowest BCUT2D eigenvalue weighted by atomic mass is 9.34. The van der Waals surface area contributed by atoms with Crippen molar-refractivity contribution in [1.29, 1.82) is 5.41 Å². The Kier molecular flexibility index (Phi) is 10.4. The zero-order valence-corrected chi connectivity index (χ0v) is 31.2. The minimum absolute atomic E-state index is 0.145. The number of aliphatic hydroxyl groups excluding tert-OH is 1. The number of nitrogens with zero attached hydrogens (tertiary/aromatic N) is 1. The number of allylic oxidation sites excluding steroid dienone is 1. The monoisotopic (exact) mass is 688 g/mol. The molecule has 1 heterocycles. The average molecular weight is 689 g/mol. The maximum absolute atomic E-state index is 13.4. The molecule has 11 heteroatoms. The fourth-order valence-electron chi connectivity index (χ4n) is 12.1. The van der Waals surface area contributed by atoms with Crippen molar-refractivity contribution in [3.05, 3.63) is 11.6 Å². The van der Waals surface area contributed by atoms with Gasteiger partial charge in [0.2, 0.25) is 0 Å². The van der Waals surface area contributed by atoms with Crippen molar-refractivity contribution in [2.45, 2.75) is 112 Å². The number of nitrogens with two attached hydrogens (primary N) is 2. The van der Waals surface area contributed by atoms with E-state index in [1.54, 1.807) is 4.90 Å². The number of carbonyl (C=O) groups excluding carboxylic acids is 1. The molecule has 278 valence electrons. The van der Waals surface area contributed by atoms with Crippen molar-refractivity contribution in [3.8, 4) is 0 Å². The SMILES string of the molecule is CC(=O)O[C@@H]1C[C@@]23COC[C@@](C)(C2CC[C@H]2C3=CC[C@@]3(C)[C@H](C(=O)O)[C@@](C)([C@H](C)C(C)C)CC[C@]23C)[C@H]1OCCN(C[C@@H](N)CO)C(=N)N. The highest BCUT2D eigenvalue weighted by molar-refractivity contribution is 5.74. The van der Waals surface area contributed by atoms with Crippen molar-refractivity contribution < 1.29 is 34.0 Å². The third-order valence-corrected chi connectivity index (χ3v) is 15.1. The minimum Gasteiger partial charge on any atom is -0.481 e. The summed E-state index contributed by atoms with van der Waals surface area (Å²) in [4.78, 5) is 27.6. The summed E-state index contributed by atoms with van der Waals surface area (Å²) >= 11 is 0. The Bertz CT molecular complexity index is 1320. The molecule has 1 unspecified atom stereocenters. The van der Waals surface area contributed by atoms with Crippen molar-refractivity contribution in [2.24, 2.45) is 68.1 Å². The average Bonchev–Trinajstić information content (AvgIpc) is 3.01. The molecule has 12 atom stereocenters. The molecule has 0 radical (unpaired) electrons. The third-order valence-electron chi connectivity index (χ3n) is 15.1. The number of nitrogens with one attached hydrogen (secondary N) is 1. The Hall–Kier alpha value is -2.21. The quantitative estimate of drug-likeness (QED) is 0.0903. The van der Waals surface area contributed by atoms with Gasteiger partial charge in [-0.3, -0.25) is 15.0 Å². The van der Waals surface area contributed by atoms with E-state index in [1.807, 2.05) is 0 Å². The van der Waals surface area contributed by atoms with Crippen LogP contribution in [0.4, 0.5) is 0 Å². The van der Waals surface area contributed by atoms with Crippen molar-refractivity contribution in [1.82, 2.24) is 4.90 Å². The Morgan fingerprint density at radius 2 is 1.82 bits per heavy atom. The van der Waals surface area contributed by atoms with Gasteiger partial charge in [0.15, 0.2) is 5.96 Å². The highest BCUT2D eigenvalue weighted by atomic mass is 16.6. The van der Waals surface area contributed by atoms with E-state index < -0.39 is 41.0 Å². The van der Waals surface area contributed by atoms with Crippen LogP contribution in [0.25, 0.3) is 0 Å². The van der Waals surface area contributed by atoms with Crippen molar-refractivity contribution >= 4 is 17.9 Å². The molecule has 2 bridgehead atoms. The number of carboxylic acid groups (broad SMARTS) is 1. The van der Waals surface area contributed by atoms with E-state index in [4.69, 9.17) is 31.1 Å².